The molecule has 0 saturated carbocycles. The average molecular weight is 324 g/mol. The molecule has 0 fully saturated rings. The number of rotatable bonds is 4. The molecule has 24 heavy (non-hydrogen) atoms. The number of hydrogen-bond acceptors (Lipinski definition) is 3. The van der Waals surface area contributed by atoms with Gasteiger partial charge in [0.25, 0.3) is 0 Å². The first-order chi connectivity index (χ1) is 11.4. The average Bonchev–Trinajstić information content (AvgIpc) is 2.53. The topological polar surface area (TPSA) is 24.5 Å². The SMILES string of the molecule is CN1CCCc2cc(NCc3ccccc3OC(C)(C)C)ccc21. The number of benzene rings is 2. The van der Waals surface area contributed by atoms with E-state index in [1.165, 1.54) is 35.3 Å². The van der Waals surface area contributed by atoms with Crippen molar-refractivity contribution in [2.45, 2.75) is 45.8 Å². The largest absolute Gasteiger partial charge is 0.488 e. The Morgan fingerprint density at radius 2 is 1.92 bits per heavy atom. The van der Waals surface area contributed by atoms with Gasteiger partial charge in [0.05, 0.1) is 0 Å². The van der Waals surface area contributed by atoms with E-state index in [1.54, 1.807) is 0 Å². The molecular formula is C21H28N2O. The monoisotopic (exact) mass is 324 g/mol. The van der Waals surface area contributed by atoms with Crippen molar-refractivity contribution < 1.29 is 4.74 Å². The number of ether oxygens (including phenoxy) is 1. The van der Waals surface area contributed by atoms with Crippen molar-refractivity contribution in [2.75, 3.05) is 23.8 Å². The van der Waals surface area contributed by atoms with Crippen LogP contribution in [0.2, 0.25) is 0 Å². The summed E-state index contributed by atoms with van der Waals surface area (Å²) in [5, 5.41) is 3.55. The highest BCUT2D eigenvalue weighted by Gasteiger charge is 2.15. The van der Waals surface area contributed by atoms with Gasteiger partial charge in [-0.25, -0.2) is 0 Å². The molecule has 1 aliphatic rings. The molecular weight excluding hydrogens is 296 g/mol. The van der Waals surface area contributed by atoms with Gasteiger partial charge in [0.15, 0.2) is 0 Å². The Kier molecular flexibility index (Phi) is 4.70. The highest BCUT2D eigenvalue weighted by atomic mass is 16.5. The van der Waals surface area contributed by atoms with Gasteiger partial charge in [-0.3, -0.25) is 0 Å². The third-order valence-electron chi connectivity index (χ3n) is 4.30. The Bertz CT molecular complexity index is 703. The minimum absolute atomic E-state index is 0.188. The predicted molar refractivity (Wildman–Crippen MR) is 102 cm³/mol. The molecule has 0 saturated heterocycles. The fraction of sp³-hybridized carbons (Fsp3) is 0.429. The van der Waals surface area contributed by atoms with Crippen molar-refractivity contribution >= 4 is 11.4 Å². The van der Waals surface area contributed by atoms with Crippen molar-refractivity contribution in [1.29, 1.82) is 0 Å². The minimum Gasteiger partial charge on any atom is -0.488 e. The van der Waals surface area contributed by atoms with Crippen molar-refractivity contribution in [3.8, 4) is 5.75 Å². The smallest absolute Gasteiger partial charge is 0.125 e. The third kappa shape index (κ3) is 4.02. The maximum Gasteiger partial charge on any atom is 0.125 e. The summed E-state index contributed by atoms with van der Waals surface area (Å²) in [4.78, 5) is 2.34. The van der Waals surface area contributed by atoms with Gasteiger partial charge in [0.2, 0.25) is 0 Å². The van der Waals surface area contributed by atoms with Gasteiger partial charge >= 0.3 is 0 Å². The van der Waals surface area contributed by atoms with Gasteiger partial charge in [-0.1, -0.05) is 18.2 Å². The Balaban J connectivity index is 1.73. The molecule has 1 N–H and O–H groups in total. The zero-order valence-corrected chi connectivity index (χ0v) is 15.2. The molecule has 0 amide bonds. The summed E-state index contributed by atoms with van der Waals surface area (Å²) in [6.07, 6.45) is 2.40. The summed E-state index contributed by atoms with van der Waals surface area (Å²) < 4.78 is 6.08. The highest BCUT2D eigenvalue weighted by molar-refractivity contribution is 5.62. The summed E-state index contributed by atoms with van der Waals surface area (Å²) in [5.41, 5.74) is 4.97. The van der Waals surface area contributed by atoms with Gasteiger partial charge in [-0.05, 0) is 63.4 Å². The molecule has 0 aromatic heterocycles. The molecule has 0 spiro atoms. The van der Waals surface area contributed by atoms with Crippen LogP contribution in [-0.4, -0.2) is 19.2 Å². The van der Waals surface area contributed by atoms with Crippen LogP contribution >= 0.6 is 0 Å². The lowest BCUT2D eigenvalue weighted by atomic mass is 10.0. The van der Waals surface area contributed by atoms with Crippen LogP contribution in [0.5, 0.6) is 5.75 Å². The summed E-state index contributed by atoms with van der Waals surface area (Å²) in [5.74, 6) is 0.954. The summed E-state index contributed by atoms with van der Waals surface area (Å²) >= 11 is 0. The van der Waals surface area contributed by atoms with Gasteiger partial charge in [-0.15, -0.1) is 0 Å². The lowest BCUT2D eigenvalue weighted by molar-refractivity contribution is 0.129. The first-order valence-corrected chi connectivity index (χ1v) is 8.77. The zero-order valence-electron chi connectivity index (χ0n) is 15.2. The van der Waals surface area contributed by atoms with E-state index in [0.29, 0.717) is 0 Å². The van der Waals surface area contributed by atoms with E-state index in [-0.39, 0.29) is 5.60 Å². The molecule has 128 valence electrons. The van der Waals surface area contributed by atoms with E-state index < -0.39 is 0 Å². The minimum atomic E-state index is -0.188. The summed E-state index contributed by atoms with van der Waals surface area (Å²) in [6.45, 7) is 8.16. The lowest BCUT2D eigenvalue weighted by Gasteiger charge is -2.28. The van der Waals surface area contributed by atoms with Crippen LogP contribution in [0.4, 0.5) is 11.4 Å². The lowest BCUT2D eigenvalue weighted by Crippen LogP contribution is -2.24. The molecule has 3 nitrogen and oxygen atoms in total. The molecule has 2 aromatic rings. The second kappa shape index (κ2) is 6.76. The molecule has 0 bridgehead atoms. The number of hydrogen-bond donors (Lipinski definition) is 1. The van der Waals surface area contributed by atoms with Gasteiger partial charge in [-0.2, -0.15) is 0 Å². The number of nitrogens with zero attached hydrogens (tertiary/aromatic N) is 1. The fourth-order valence-electron chi connectivity index (χ4n) is 3.17. The number of para-hydroxylation sites is 1. The van der Waals surface area contributed by atoms with E-state index >= 15 is 0 Å². The molecule has 0 unspecified atom stereocenters. The molecule has 0 radical (unpaired) electrons. The Morgan fingerprint density at radius 1 is 1.12 bits per heavy atom. The predicted octanol–water partition coefficient (Wildman–Crippen LogP) is 4.86. The molecule has 2 aromatic carbocycles. The number of nitrogens with one attached hydrogen (secondary N) is 1. The third-order valence-corrected chi connectivity index (χ3v) is 4.30. The second-order valence-electron chi connectivity index (χ2n) is 7.54. The maximum atomic E-state index is 6.08. The van der Waals surface area contributed by atoms with Crippen LogP contribution in [0.15, 0.2) is 42.5 Å². The first kappa shape index (κ1) is 16.7. The summed E-state index contributed by atoms with van der Waals surface area (Å²) in [6, 6.07) is 15.0. The van der Waals surface area contributed by atoms with Crippen LogP contribution in [0.1, 0.15) is 38.3 Å². The number of aryl methyl sites for hydroxylation is 1. The van der Waals surface area contributed by atoms with Gasteiger partial charge < -0.3 is 15.0 Å². The normalized spacial score (nSPS) is 14.2. The molecule has 0 atom stereocenters. The summed E-state index contributed by atoms with van der Waals surface area (Å²) in [7, 11) is 2.17. The standard InChI is InChI=1S/C21H28N2O/c1-21(2,3)24-20-10-6-5-8-17(20)15-22-18-11-12-19-16(14-18)9-7-13-23(19)4/h5-6,8,10-12,14,22H,7,9,13,15H2,1-4H3. The first-order valence-electron chi connectivity index (χ1n) is 8.77. The maximum absolute atomic E-state index is 6.08. The second-order valence-corrected chi connectivity index (χ2v) is 7.54. The fourth-order valence-corrected chi connectivity index (χ4v) is 3.17. The zero-order chi connectivity index (χ0) is 17.2. The number of fused-ring (bicyclic) bond motifs is 1. The van der Waals surface area contributed by atoms with Crippen molar-refractivity contribution in [3.05, 3.63) is 53.6 Å². The molecule has 0 aliphatic carbocycles. The molecule has 1 heterocycles. The Morgan fingerprint density at radius 3 is 2.71 bits per heavy atom. The van der Waals surface area contributed by atoms with Crippen LogP contribution < -0.4 is 15.0 Å². The molecule has 3 rings (SSSR count). The highest BCUT2D eigenvalue weighted by Crippen LogP contribution is 2.29. The van der Waals surface area contributed by atoms with Crippen molar-refractivity contribution in [3.63, 3.8) is 0 Å². The Labute approximate surface area is 145 Å². The molecule has 1 aliphatic heterocycles. The van der Waals surface area contributed by atoms with E-state index in [2.05, 4.69) is 68.4 Å². The van der Waals surface area contributed by atoms with Crippen molar-refractivity contribution in [1.82, 2.24) is 0 Å². The van der Waals surface area contributed by atoms with Crippen LogP contribution in [0, 0.1) is 0 Å². The van der Waals surface area contributed by atoms with Crippen LogP contribution in [0.25, 0.3) is 0 Å². The van der Waals surface area contributed by atoms with E-state index in [4.69, 9.17) is 4.74 Å². The van der Waals surface area contributed by atoms with Gasteiger partial charge in [0.1, 0.15) is 11.4 Å². The van der Waals surface area contributed by atoms with Crippen LogP contribution in [0.3, 0.4) is 0 Å². The van der Waals surface area contributed by atoms with Crippen LogP contribution in [-0.2, 0) is 13.0 Å². The van der Waals surface area contributed by atoms with E-state index in [9.17, 15) is 0 Å². The Hall–Kier alpha value is -2.16. The quantitative estimate of drug-likeness (QED) is 0.869. The van der Waals surface area contributed by atoms with E-state index in [1.807, 2.05) is 12.1 Å². The van der Waals surface area contributed by atoms with E-state index in [0.717, 1.165) is 18.8 Å². The molecule has 3 heteroatoms. The number of anilines is 2. The van der Waals surface area contributed by atoms with Gasteiger partial charge in [0, 0.05) is 37.1 Å². The van der Waals surface area contributed by atoms with Crippen molar-refractivity contribution in [2.24, 2.45) is 0 Å².